The average molecular weight is 390 g/mol. The first kappa shape index (κ1) is 19.4. The first-order valence-electron chi connectivity index (χ1n) is 9.99. The molecule has 5 heteroatoms. The Morgan fingerprint density at radius 1 is 1.10 bits per heavy atom. The number of hydrogen-bond acceptors (Lipinski definition) is 3. The molecule has 2 fully saturated rings. The van der Waals surface area contributed by atoms with E-state index in [-0.39, 0.29) is 30.4 Å². The van der Waals surface area contributed by atoms with Crippen molar-refractivity contribution < 1.29 is 14.7 Å². The fraction of sp³-hybridized carbons (Fsp3) is 0.333. The number of benzene rings is 2. The molecule has 2 amide bonds. The fourth-order valence-electron chi connectivity index (χ4n) is 5.05. The van der Waals surface area contributed by atoms with Gasteiger partial charge in [0.2, 0.25) is 5.91 Å². The maximum absolute atomic E-state index is 12.8. The Morgan fingerprint density at radius 3 is 2.31 bits per heavy atom. The number of aliphatic hydroxyl groups excluding tert-OH is 1. The van der Waals surface area contributed by atoms with Gasteiger partial charge < -0.3 is 14.9 Å². The molecule has 2 aromatic carbocycles. The molecule has 150 valence electrons. The number of rotatable bonds is 4. The lowest BCUT2D eigenvalue weighted by Gasteiger charge is -2.70. The highest BCUT2D eigenvalue weighted by atomic mass is 16.3. The zero-order valence-electron chi connectivity index (χ0n) is 16.8. The summed E-state index contributed by atoms with van der Waals surface area (Å²) in [6.45, 7) is 4.40. The standard InChI is InChI=1S/C24H26N2O3/c1-3-7-18-10-12-19(13-11-18)22-21(14-27)26(17(2)28)24(22)15-25(16-24)23(29)20-8-5-4-6-9-20/h3-13,21-22,27H,14-16H2,1-2H3/b7-3+/t21-,22+/m0/s1. The Hall–Kier alpha value is -2.92. The molecule has 0 saturated carbocycles. The predicted octanol–water partition coefficient (Wildman–Crippen LogP) is 2.92. The van der Waals surface area contributed by atoms with E-state index in [0.717, 1.165) is 11.1 Å². The highest BCUT2D eigenvalue weighted by molar-refractivity contribution is 5.95. The summed E-state index contributed by atoms with van der Waals surface area (Å²) in [4.78, 5) is 28.8. The molecule has 29 heavy (non-hydrogen) atoms. The smallest absolute Gasteiger partial charge is 0.254 e. The highest BCUT2D eigenvalue weighted by Gasteiger charge is 2.67. The van der Waals surface area contributed by atoms with Gasteiger partial charge >= 0.3 is 0 Å². The van der Waals surface area contributed by atoms with Crippen LogP contribution < -0.4 is 0 Å². The van der Waals surface area contributed by atoms with Crippen molar-refractivity contribution in [3.05, 3.63) is 77.4 Å². The molecule has 0 radical (unpaired) electrons. The Kier molecular flexibility index (Phi) is 5.01. The average Bonchev–Trinajstić information content (AvgIpc) is 2.68. The minimum atomic E-state index is -0.439. The van der Waals surface area contributed by atoms with Crippen molar-refractivity contribution in [1.29, 1.82) is 0 Å². The van der Waals surface area contributed by atoms with Gasteiger partial charge in [-0.15, -0.1) is 0 Å². The molecule has 0 unspecified atom stereocenters. The Labute approximate surface area is 171 Å². The van der Waals surface area contributed by atoms with Gasteiger partial charge in [0.25, 0.3) is 5.91 Å². The second-order valence-corrected chi connectivity index (χ2v) is 7.91. The summed E-state index contributed by atoms with van der Waals surface area (Å²) >= 11 is 0. The molecule has 1 N–H and O–H groups in total. The summed E-state index contributed by atoms with van der Waals surface area (Å²) in [6.07, 6.45) is 4.03. The van der Waals surface area contributed by atoms with E-state index in [1.807, 2.05) is 49.4 Å². The van der Waals surface area contributed by atoms with Crippen LogP contribution in [0.4, 0.5) is 0 Å². The molecule has 0 bridgehead atoms. The number of aliphatic hydroxyl groups is 1. The molecule has 0 aromatic heterocycles. The molecule has 2 heterocycles. The van der Waals surface area contributed by atoms with E-state index < -0.39 is 5.54 Å². The number of carbonyl (C=O) groups is 2. The van der Waals surface area contributed by atoms with Gasteiger partial charge in [-0.1, -0.05) is 54.6 Å². The highest BCUT2D eigenvalue weighted by Crippen LogP contribution is 2.54. The topological polar surface area (TPSA) is 60.9 Å². The summed E-state index contributed by atoms with van der Waals surface area (Å²) in [5.74, 6) is -0.0668. The van der Waals surface area contributed by atoms with Gasteiger partial charge in [0.05, 0.1) is 18.2 Å². The van der Waals surface area contributed by atoms with Crippen molar-refractivity contribution in [2.24, 2.45) is 0 Å². The summed E-state index contributed by atoms with van der Waals surface area (Å²) < 4.78 is 0. The van der Waals surface area contributed by atoms with E-state index in [0.29, 0.717) is 18.7 Å². The molecule has 4 rings (SSSR count). The van der Waals surface area contributed by atoms with Crippen LogP contribution in [0.3, 0.4) is 0 Å². The molecule has 2 aromatic rings. The summed E-state index contributed by atoms with van der Waals surface area (Å²) in [5.41, 5.74) is 2.43. The van der Waals surface area contributed by atoms with Crippen LogP contribution in [0.25, 0.3) is 6.08 Å². The molecule has 2 atom stereocenters. The Bertz CT molecular complexity index is 930. The van der Waals surface area contributed by atoms with Gasteiger partial charge in [-0.2, -0.15) is 0 Å². The molecule has 2 aliphatic rings. The van der Waals surface area contributed by atoms with Crippen molar-refractivity contribution in [1.82, 2.24) is 9.80 Å². The molecule has 1 spiro atoms. The Morgan fingerprint density at radius 2 is 1.76 bits per heavy atom. The van der Waals surface area contributed by atoms with Crippen molar-refractivity contribution in [3.8, 4) is 0 Å². The van der Waals surface area contributed by atoms with Crippen LogP contribution in [0.1, 0.15) is 41.3 Å². The van der Waals surface area contributed by atoms with Crippen LogP contribution in [0.15, 0.2) is 60.7 Å². The third-order valence-electron chi connectivity index (χ3n) is 6.19. The van der Waals surface area contributed by atoms with Crippen molar-refractivity contribution in [3.63, 3.8) is 0 Å². The Balaban J connectivity index is 1.61. The largest absolute Gasteiger partial charge is 0.394 e. The van der Waals surface area contributed by atoms with Crippen LogP contribution in [0.2, 0.25) is 0 Å². The zero-order chi connectivity index (χ0) is 20.6. The molecule has 0 aliphatic carbocycles. The lowest BCUT2D eigenvalue weighted by Crippen LogP contribution is -2.85. The van der Waals surface area contributed by atoms with Crippen molar-refractivity contribution >= 4 is 17.9 Å². The van der Waals surface area contributed by atoms with E-state index in [1.54, 1.807) is 9.80 Å². The zero-order valence-corrected chi connectivity index (χ0v) is 16.8. The second kappa shape index (κ2) is 7.48. The lowest BCUT2D eigenvalue weighted by molar-refractivity contribution is -0.191. The maximum Gasteiger partial charge on any atom is 0.254 e. The van der Waals surface area contributed by atoms with E-state index >= 15 is 0 Å². The van der Waals surface area contributed by atoms with Gasteiger partial charge in [-0.05, 0) is 30.2 Å². The van der Waals surface area contributed by atoms with Gasteiger partial charge in [-0.3, -0.25) is 9.59 Å². The maximum atomic E-state index is 12.8. The number of hydrogen-bond donors (Lipinski definition) is 1. The summed E-state index contributed by atoms with van der Waals surface area (Å²) in [7, 11) is 0. The minimum Gasteiger partial charge on any atom is -0.394 e. The SMILES string of the molecule is C/C=C/c1ccc([C@@H]2[C@H](CO)N(C(C)=O)C23CN(C(=O)c2ccccc2)C3)cc1. The third kappa shape index (κ3) is 3.06. The number of nitrogens with zero attached hydrogens (tertiary/aromatic N) is 2. The molecular weight excluding hydrogens is 364 g/mol. The summed E-state index contributed by atoms with van der Waals surface area (Å²) in [5, 5.41) is 10.00. The van der Waals surface area contributed by atoms with Gasteiger partial charge in [0, 0.05) is 31.5 Å². The normalized spacial score (nSPS) is 22.4. The molecule has 2 saturated heterocycles. The van der Waals surface area contributed by atoms with Crippen LogP contribution >= 0.6 is 0 Å². The van der Waals surface area contributed by atoms with Crippen LogP contribution in [-0.2, 0) is 4.79 Å². The molecule has 5 nitrogen and oxygen atoms in total. The van der Waals surface area contributed by atoms with E-state index in [2.05, 4.69) is 24.3 Å². The fourth-order valence-corrected chi connectivity index (χ4v) is 5.05. The number of allylic oxidation sites excluding steroid dienone is 1. The first-order valence-corrected chi connectivity index (χ1v) is 9.99. The van der Waals surface area contributed by atoms with Crippen LogP contribution in [0.5, 0.6) is 0 Å². The van der Waals surface area contributed by atoms with Gasteiger partial charge in [0.15, 0.2) is 0 Å². The third-order valence-corrected chi connectivity index (χ3v) is 6.19. The minimum absolute atomic E-state index is 0.0101. The summed E-state index contributed by atoms with van der Waals surface area (Å²) in [6, 6.07) is 17.2. The van der Waals surface area contributed by atoms with Crippen molar-refractivity contribution in [2.75, 3.05) is 19.7 Å². The van der Waals surface area contributed by atoms with E-state index in [9.17, 15) is 14.7 Å². The van der Waals surface area contributed by atoms with Crippen LogP contribution in [0, 0.1) is 0 Å². The number of amides is 2. The van der Waals surface area contributed by atoms with E-state index in [1.165, 1.54) is 6.92 Å². The molecular formula is C24H26N2O3. The predicted molar refractivity (Wildman–Crippen MR) is 112 cm³/mol. The lowest BCUT2D eigenvalue weighted by atomic mass is 9.60. The van der Waals surface area contributed by atoms with Crippen LogP contribution in [-0.4, -0.2) is 58.0 Å². The number of carbonyl (C=O) groups excluding carboxylic acids is 2. The van der Waals surface area contributed by atoms with E-state index in [4.69, 9.17) is 0 Å². The second-order valence-electron chi connectivity index (χ2n) is 7.91. The number of likely N-dealkylation sites (tertiary alicyclic amines) is 2. The monoisotopic (exact) mass is 390 g/mol. The van der Waals surface area contributed by atoms with Gasteiger partial charge in [0.1, 0.15) is 0 Å². The van der Waals surface area contributed by atoms with Crippen molar-refractivity contribution in [2.45, 2.75) is 31.3 Å². The quantitative estimate of drug-likeness (QED) is 0.873. The van der Waals surface area contributed by atoms with Gasteiger partial charge in [-0.25, -0.2) is 0 Å². The first-order chi connectivity index (χ1) is 14.0. The molecule has 2 aliphatic heterocycles.